The van der Waals surface area contributed by atoms with Gasteiger partial charge in [-0.3, -0.25) is 0 Å². The summed E-state index contributed by atoms with van der Waals surface area (Å²) in [5.74, 6) is 1.84. The summed E-state index contributed by atoms with van der Waals surface area (Å²) in [6.07, 6.45) is 2.92. The molecule has 5 aromatic rings. The maximum atomic E-state index is 5.61. The van der Waals surface area contributed by atoms with Crippen LogP contribution in [0.1, 0.15) is 32.4 Å². The van der Waals surface area contributed by atoms with Gasteiger partial charge in [-0.1, -0.05) is 106 Å². The molecule has 0 aromatic heterocycles. The topological polar surface area (TPSA) is 43.5 Å². The van der Waals surface area contributed by atoms with E-state index >= 15 is 0 Å². The number of benzene rings is 5. The van der Waals surface area contributed by atoms with Crippen molar-refractivity contribution in [1.29, 1.82) is 0 Å². The maximum absolute atomic E-state index is 5.61. The summed E-state index contributed by atoms with van der Waals surface area (Å²) in [4.78, 5) is 0. The Morgan fingerprint density at radius 2 is 0.902 bits per heavy atom. The Morgan fingerprint density at radius 1 is 0.537 bits per heavy atom. The lowest BCUT2D eigenvalue weighted by molar-refractivity contribution is 0.263. The molecule has 2 aliphatic heterocycles. The minimum Gasteiger partial charge on any atom is -0.491 e. The van der Waals surface area contributed by atoms with Gasteiger partial charge in [0.25, 0.3) is 0 Å². The highest BCUT2D eigenvalue weighted by Crippen LogP contribution is 2.23. The highest BCUT2D eigenvalue weighted by atomic mass is 16.6. The first-order valence-electron chi connectivity index (χ1n) is 14.2. The summed E-state index contributed by atoms with van der Waals surface area (Å²) in [6, 6.07) is 37.7. The van der Waals surface area contributed by atoms with Gasteiger partial charge in [0.2, 0.25) is 0 Å². The van der Waals surface area contributed by atoms with Crippen LogP contribution >= 0.6 is 0 Å². The van der Waals surface area contributed by atoms with Crippen molar-refractivity contribution in [3.63, 3.8) is 0 Å². The number of epoxide rings is 2. The number of fused-ring (bicyclic) bond motifs is 2. The normalized spacial score (nSPS) is 16.3. The molecule has 2 heterocycles. The Labute approximate surface area is 244 Å². The van der Waals surface area contributed by atoms with Gasteiger partial charge in [-0.05, 0) is 69.8 Å². The van der Waals surface area contributed by atoms with Crippen molar-refractivity contribution in [3.05, 3.63) is 120 Å². The summed E-state index contributed by atoms with van der Waals surface area (Å²) < 4.78 is 21.4. The number of rotatable bonds is 8. The van der Waals surface area contributed by atoms with Crippen LogP contribution in [0, 0.1) is 0 Å². The zero-order valence-corrected chi connectivity index (χ0v) is 23.4. The molecule has 0 radical (unpaired) electrons. The third-order valence-electron chi connectivity index (χ3n) is 6.96. The van der Waals surface area contributed by atoms with Crippen molar-refractivity contribution in [3.8, 4) is 11.5 Å². The molecule has 2 aliphatic rings. The molecule has 2 fully saturated rings. The van der Waals surface area contributed by atoms with Gasteiger partial charge >= 0.3 is 0 Å². The fraction of sp³-hybridized carbons (Fsp3) is 0.297. The van der Waals surface area contributed by atoms with E-state index in [1.807, 2.05) is 36.4 Å². The molecule has 2 atom stereocenters. The molecule has 0 saturated carbocycles. The van der Waals surface area contributed by atoms with E-state index in [0.29, 0.717) is 25.4 Å². The van der Waals surface area contributed by atoms with Gasteiger partial charge in [0.15, 0.2) is 0 Å². The number of aryl methyl sites for hydroxylation is 2. The number of ether oxygens (including phenoxy) is 4. The molecule has 0 aliphatic carbocycles. The van der Waals surface area contributed by atoms with Crippen molar-refractivity contribution >= 4 is 21.5 Å². The van der Waals surface area contributed by atoms with Crippen LogP contribution in [-0.4, -0.2) is 38.6 Å². The lowest BCUT2D eigenvalue weighted by Gasteiger charge is -2.05. The Morgan fingerprint density at radius 3 is 1.24 bits per heavy atom. The summed E-state index contributed by atoms with van der Waals surface area (Å²) in [7, 11) is 0. The summed E-state index contributed by atoms with van der Waals surface area (Å²) >= 11 is 0. The van der Waals surface area contributed by atoms with Gasteiger partial charge in [-0.15, -0.1) is 0 Å². The fourth-order valence-corrected chi connectivity index (χ4v) is 4.23. The lowest BCUT2D eigenvalue weighted by atomic mass is 10.1. The standard InChI is InChI=1S/2C13H12O2.C10H14.CH4/c2*1-2-4-11-7-12(6-5-10(11)3-1)14-8-13-9-15-13;1-3-9-5-7-10(4-2)8-6-9;/h2*1-7,13H,8-9H2;5-8H,3-4H2,1-2H3;1H4. The van der Waals surface area contributed by atoms with E-state index in [4.69, 9.17) is 18.9 Å². The smallest absolute Gasteiger partial charge is 0.120 e. The van der Waals surface area contributed by atoms with Gasteiger partial charge in [-0.25, -0.2) is 0 Å². The lowest BCUT2D eigenvalue weighted by Crippen LogP contribution is -2.03. The monoisotopic (exact) mass is 550 g/mol. The first-order chi connectivity index (χ1) is 19.7. The van der Waals surface area contributed by atoms with Gasteiger partial charge in [0, 0.05) is 0 Å². The van der Waals surface area contributed by atoms with Crippen molar-refractivity contribution in [2.75, 3.05) is 26.4 Å². The fourth-order valence-electron chi connectivity index (χ4n) is 4.23. The van der Waals surface area contributed by atoms with E-state index in [9.17, 15) is 0 Å². The van der Waals surface area contributed by atoms with Crippen LogP contribution in [0.2, 0.25) is 0 Å². The summed E-state index contributed by atoms with van der Waals surface area (Å²) in [6.45, 7) is 7.37. The average molecular weight is 551 g/mol. The second-order valence-corrected chi connectivity index (χ2v) is 10.1. The van der Waals surface area contributed by atoms with Crippen molar-refractivity contribution < 1.29 is 18.9 Å². The van der Waals surface area contributed by atoms with E-state index < -0.39 is 0 Å². The van der Waals surface area contributed by atoms with Gasteiger partial charge in [0.1, 0.15) is 36.9 Å². The largest absolute Gasteiger partial charge is 0.491 e. The first-order valence-corrected chi connectivity index (χ1v) is 14.2. The highest BCUT2D eigenvalue weighted by Gasteiger charge is 2.23. The predicted octanol–water partition coefficient (Wildman–Crippen LogP) is 8.68. The molecule has 0 spiro atoms. The molecule has 0 N–H and O–H groups in total. The average Bonchev–Trinajstić information content (AvgIpc) is 3.95. The zero-order chi connectivity index (χ0) is 27.6. The molecule has 214 valence electrons. The Bertz CT molecular complexity index is 1370. The molecule has 0 amide bonds. The molecular formula is C37H42O4. The SMILES string of the molecule is C.CCc1ccc(CC)cc1.c1ccc2cc(OCC3CO3)ccc2c1.c1ccc2cc(OCC3CO3)ccc2c1. The van der Waals surface area contributed by atoms with Crippen LogP contribution in [0.15, 0.2) is 109 Å². The molecule has 4 nitrogen and oxygen atoms in total. The number of hydrogen-bond acceptors (Lipinski definition) is 4. The zero-order valence-electron chi connectivity index (χ0n) is 23.4. The van der Waals surface area contributed by atoms with E-state index in [1.165, 1.54) is 32.7 Å². The Kier molecular flexibility index (Phi) is 11.2. The van der Waals surface area contributed by atoms with Crippen molar-refractivity contribution in [1.82, 2.24) is 0 Å². The van der Waals surface area contributed by atoms with E-state index in [-0.39, 0.29) is 7.43 Å². The molecule has 5 aromatic carbocycles. The number of hydrogen-bond donors (Lipinski definition) is 0. The quantitative estimate of drug-likeness (QED) is 0.181. The summed E-state index contributed by atoms with van der Waals surface area (Å²) in [5.41, 5.74) is 2.86. The van der Waals surface area contributed by atoms with Crippen LogP contribution in [0.5, 0.6) is 11.5 Å². The van der Waals surface area contributed by atoms with Crippen molar-refractivity contribution in [2.24, 2.45) is 0 Å². The van der Waals surface area contributed by atoms with Crippen molar-refractivity contribution in [2.45, 2.75) is 46.3 Å². The molecular weight excluding hydrogens is 508 g/mol. The summed E-state index contributed by atoms with van der Waals surface area (Å²) in [5, 5.41) is 4.92. The molecule has 41 heavy (non-hydrogen) atoms. The second kappa shape index (κ2) is 15.2. The van der Waals surface area contributed by atoms with E-state index in [0.717, 1.165) is 37.6 Å². The third kappa shape index (κ3) is 9.63. The van der Waals surface area contributed by atoms with Gasteiger partial charge < -0.3 is 18.9 Å². The minimum atomic E-state index is 0. The van der Waals surface area contributed by atoms with Crippen LogP contribution in [0.4, 0.5) is 0 Å². The second-order valence-electron chi connectivity index (χ2n) is 10.1. The first kappa shape index (κ1) is 30.1. The Hall–Kier alpha value is -3.86. The van der Waals surface area contributed by atoms with Gasteiger partial charge in [0.05, 0.1) is 13.2 Å². The highest BCUT2D eigenvalue weighted by molar-refractivity contribution is 5.84. The van der Waals surface area contributed by atoms with Crippen LogP contribution < -0.4 is 9.47 Å². The molecule has 2 saturated heterocycles. The van der Waals surface area contributed by atoms with Crippen LogP contribution in [0.25, 0.3) is 21.5 Å². The predicted molar refractivity (Wildman–Crippen MR) is 170 cm³/mol. The van der Waals surface area contributed by atoms with Crippen LogP contribution in [-0.2, 0) is 22.3 Å². The van der Waals surface area contributed by atoms with Gasteiger partial charge in [-0.2, -0.15) is 0 Å². The third-order valence-corrected chi connectivity index (χ3v) is 6.96. The molecule has 4 heteroatoms. The molecule has 0 bridgehead atoms. The van der Waals surface area contributed by atoms with Crippen LogP contribution in [0.3, 0.4) is 0 Å². The molecule has 2 unspecified atom stereocenters. The maximum Gasteiger partial charge on any atom is 0.120 e. The minimum absolute atomic E-state index is 0. The van der Waals surface area contributed by atoms with E-state index in [1.54, 1.807) is 0 Å². The molecule has 7 rings (SSSR count). The Balaban J connectivity index is 0.000000143. The van der Waals surface area contributed by atoms with E-state index in [2.05, 4.69) is 86.6 Å².